The highest BCUT2D eigenvalue weighted by Gasteiger charge is 2.20. The Bertz CT molecular complexity index is 414. The van der Waals surface area contributed by atoms with Gasteiger partial charge in [0.05, 0.1) is 0 Å². The summed E-state index contributed by atoms with van der Waals surface area (Å²) in [5.41, 5.74) is 0. The first-order chi connectivity index (χ1) is 10.3. The summed E-state index contributed by atoms with van der Waals surface area (Å²) < 4.78 is 5.71. The minimum atomic E-state index is 0.317. The molecule has 0 unspecified atom stereocenters. The Balaban J connectivity index is 1.62. The molecule has 1 aromatic rings. The van der Waals surface area contributed by atoms with Gasteiger partial charge < -0.3 is 9.64 Å². The monoisotopic (exact) mass is 290 g/mol. The van der Waals surface area contributed by atoms with Crippen LogP contribution in [0.1, 0.15) is 26.2 Å². The average molecular weight is 290 g/mol. The number of carbonyl (C=O) groups excluding carboxylic acids is 1. The lowest BCUT2D eigenvalue weighted by Gasteiger charge is -2.34. The number of amides is 1. The van der Waals surface area contributed by atoms with E-state index in [1.165, 1.54) is 0 Å². The van der Waals surface area contributed by atoms with Crippen LogP contribution in [-0.4, -0.2) is 55.0 Å². The third-order valence-electron chi connectivity index (χ3n) is 3.89. The lowest BCUT2D eigenvalue weighted by atomic mass is 10.2. The van der Waals surface area contributed by atoms with E-state index in [0.717, 1.165) is 51.3 Å². The molecule has 0 aliphatic carbocycles. The molecule has 1 heterocycles. The number of piperazine rings is 1. The fourth-order valence-electron chi connectivity index (χ4n) is 2.52. The van der Waals surface area contributed by atoms with Gasteiger partial charge in [0.25, 0.3) is 0 Å². The molecule has 1 aliphatic heterocycles. The summed E-state index contributed by atoms with van der Waals surface area (Å²) in [6, 6.07) is 9.91. The van der Waals surface area contributed by atoms with E-state index in [2.05, 4.69) is 11.8 Å². The second kappa shape index (κ2) is 8.67. The third kappa shape index (κ3) is 5.38. The molecule has 2 rings (SSSR count). The van der Waals surface area contributed by atoms with Crippen LogP contribution < -0.4 is 4.74 Å². The van der Waals surface area contributed by atoms with E-state index in [1.54, 1.807) is 0 Å². The van der Waals surface area contributed by atoms with Crippen molar-refractivity contribution in [1.82, 2.24) is 9.80 Å². The summed E-state index contributed by atoms with van der Waals surface area (Å²) in [6.07, 6.45) is 2.79. The van der Waals surface area contributed by atoms with E-state index in [0.29, 0.717) is 18.9 Å². The molecule has 1 aliphatic rings. The van der Waals surface area contributed by atoms with Crippen molar-refractivity contribution in [3.63, 3.8) is 0 Å². The fourth-order valence-corrected chi connectivity index (χ4v) is 2.52. The van der Waals surface area contributed by atoms with Crippen molar-refractivity contribution in [3.8, 4) is 5.75 Å². The molecule has 21 heavy (non-hydrogen) atoms. The topological polar surface area (TPSA) is 32.8 Å². The van der Waals surface area contributed by atoms with E-state index in [1.807, 2.05) is 35.2 Å². The Hall–Kier alpha value is -1.55. The van der Waals surface area contributed by atoms with Crippen molar-refractivity contribution >= 4 is 5.91 Å². The summed E-state index contributed by atoms with van der Waals surface area (Å²) in [5, 5.41) is 0. The van der Waals surface area contributed by atoms with Crippen LogP contribution in [-0.2, 0) is 4.79 Å². The fraction of sp³-hybridized carbons (Fsp3) is 0.588. The minimum Gasteiger partial charge on any atom is -0.492 e. The van der Waals surface area contributed by atoms with Crippen molar-refractivity contribution in [2.24, 2.45) is 0 Å². The zero-order chi connectivity index (χ0) is 14.9. The molecule has 0 radical (unpaired) electrons. The highest BCUT2D eigenvalue weighted by Crippen LogP contribution is 2.09. The van der Waals surface area contributed by atoms with Gasteiger partial charge in [0, 0.05) is 39.1 Å². The van der Waals surface area contributed by atoms with Gasteiger partial charge in [0.2, 0.25) is 5.91 Å². The first-order valence-electron chi connectivity index (χ1n) is 7.97. The van der Waals surface area contributed by atoms with Crippen molar-refractivity contribution in [3.05, 3.63) is 30.3 Å². The van der Waals surface area contributed by atoms with Gasteiger partial charge in [-0.25, -0.2) is 0 Å². The van der Waals surface area contributed by atoms with Gasteiger partial charge in [-0.15, -0.1) is 0 Å². The van der Waals surface area contributed by atoms with Crippen LogP contribution in [0.4, 0.5) is 0 Å². The molecule has 1 aromatic carbocycles. The van der Waals surface area contributed by atoms with Crippen LogP contribution in [0.25, 0.3) is 0 Å². The Morgan fingerprint density at radius 1 is 1.14 bits per heavy atom. The highest BCUT2D eigenvalue weighted by atomic mass is 16.5. The lowest BCUT2D eigenvalue weighted by Crippen LogP contribution is -2.49. The van der Waals surface area contributed by atoms with Crippen LogP contribution >= 0.6 is 0 Å². The molecule has 116 valence electrons. The number of hydrogen-bond acceptors (Lipinski definition) is 3. The number of nitrogens with zero attached hydrogens (tertiary/aromatic N) is 2. The molecular weight excluding hydrogens is 264 g/mol. The molecule has 0 saturated carbocycles. The number of carbonyl (C=O) groups is 1. The molecule has 0 bridgehead atoms. The molecule has 1 amide bonds. The maximum Gasteiger partial charge on any atom is 0.222 e. The van der Waals surface area contributed by atoms with E-state index in [4.69, 9.17) is 4.74 Å². The minimum absolute atomic E-state index is 0.317. The second-order valence-electron chi connectivity index (χ2n) is 5.49. The SMILES string of the molecule is CCCCC(=O)N1CCN(CCOc2ccccc2)CC1. The van der Waals surface area contributed by atoms with Crippen molar-refractivity contribution in [2.45, 2.75) is 26.2 Å². The molecule has 0 aromatic heterocycles. The van der Waals surface area contributed by atoms with Crippen LogP contribution in [0.15, 0.2) is 30.3 Å². The second-order valence-corrected chi connectivity index (χ2v) is 5.49. The molecule has 4 heteroatoms. The standard InChI is InChI=1S/C17H26N2O2/c1-2-3-9-17(20)19-12-10-18(11-13-19)14-15-21-16-7-5-4-6-8-16/h4-8H,2-3,9-15H2,1H3. The van der Waals surface area contributed by atoms with Gasteiger partial charge in [-0.2, -0.15) is 0 Å². The zero-order valence-electron chi connectivity index (χ0n) is 13.0. The van der Waals surface area contributed by atoms with Crippen LogP contribution in [0.2, 0.25) is 0 Å². The zero-order valence-corrected chi connectivity index (χ0v) is 13.0. The average Bonchev–Trinajstić information content (AvgIpc) is 2.54. The highest BCUT2D eigenvalue weighted by molar-refractivity contribution is 5.76. The van der Waals surface area contributed by atoms with Gasteiger partial charge in [-0.1, -0.05) is 31.5 Å². The van der Waals surface area contributed by atoms with Gasteiger partial charge in [0.15, 0.2) is 0 Å². The maximum absolute atomic E-state index is 11.9. The van der Waals surface area contributed by atoms with Gasteiger partial charge >= 0.3 is 0 Å². The smallest absolute Gasteiger partial charge is 0.222 e. The van der Waals surface area contributed by atoms with Crippen molar-refractivity contribution in [2.75, 3.05) is 39.3 Å². The van der Waals surface area contributed by atoms with Crippen LogP contribution in [0.5, 0.6) is 5.75 Å². The van der Waals surface area contributed by atoms with Gasteiger partial charge in [-0.3, -0.25) is 9.69 Å². The Kier molecular flexibility index (Phi) is 6.54. The number of unbranched alkanes of at least 4 members (excludes halogenated alkanes) is 1. The van der Waals surface area contributed by atoms with Gasteiger partial charge in [0.1, 0.15) is 12.4 Å². The van der Waals surface area contributed by atoms with E-state index in [9.17, 15) is 4.79 Å². The van der Waals surface area contributed by atoms with Crippen molar-refractivity contribution in [1.29, 1.82) is 0 Å². The summed E-state index contributed by atoms with van der Waals surface area (Å²) in [7, 11) is 0. The molecule has 0 atom stereocenters. The summed E-state index contributed by atoms with van der Waals surface area (Å²) in [4.78, 5) is 16.3. The van der Waals surface area contributed by atoms with Crippen LogP contribution in [0, 0.1) is 0 Å². The van der Waals surface area contributed by atoms with E-state index in [-0.39, 0.29) is 0 Å². The molecule has 0 N–H and O–H groups in total. The number of benzene rings is 1. The largest absolute Gasteiger partial charge is 0.492 e. The quantitative estimate of drug-likeness (QED) is 0.773. The summed E-state index contributed by atoms with van der Waals surface area (Å²) in [5.74, 6) is 1.24. The molecule has 4 nitrogen and oxygen atoms in total. The number of rotatable bonds is 7. The van der Waals surface area contributed by atoms with Crippen LogP contribution in [0.3, 0.4) is 0 Å². The molecular formula is C17H26N2O2. The molecule has 1 fully saturated rings. The lowest BCUT2D eigenvalue weighted by molar-refractivity contribution is -0.133. The maximum atomic E-state index is 11.9. The van der Waals surface area contributed by atoms with E-state index < -0.39 is 0 Å². The Labute approximate surface area is 127 Å². The first-order valence-corrected chi connectivity index (χ1v) is 7.97. The number of hydrogen-bond donors (Lipinski definition) is 0. The summed E-state index contributed by atoms with van der Waals surface area (Å²) >= 11 is 0. The van der Waals surface area contributed by atoms with Gasteiger partial charge in [-0.05, 0) is 18.6 Å². The first kappa shape index (κ1) is 15.8. The predicted molar refractivity (Wildman–Crippen MR) is 84.5 cm³/mol. The molecule has 1 saturated heterocycles. The number of ether oxygens (including phenoxy) is 1. The molecule has 0 spiro atoms. The normalized spacial score (nSPS) is 16.0. The Morgan fingerprint density at radius 2 is 1.86 bits per heavy atom. The van der Waals surface area contributed by atoms with Crippen molar-refractivity contribution < 1.29 is 9.53 Å². The van der Waals surface area contributed by atoms with E-state index >= 15 is 0 Å². The predicted octanol–water partition coefficient (Wildman–Crippen LogP) is 2.40. The summed E-state index contributed by atoms with van der Waals surface area (Å²) in [6.45, 7) is 7.37. The third-order valence-corrected chi connectivity index (χ3v) is 3.89. The Morgan fingerprint density at radius 3 is 2.52 bits per heavy atom. The number of para-hydroxylation sites is 1.